The molecule has 3 N–H and O–H groups in total. The highest BCUT2D eigenvalue weighted by atomic mass is 35.5. The Balaban J connectivity index is 1.84. The van der Waals surface area contributed by atoms with Crippen molar-refractivity contribution in [2.75, 3.05) is 5.32 Å². The zero-order chi connectivity index (χ0) is 13.0. The first-order valence-corrected chi connectivity index (χ1v) is 6.94. The molecule has 1 aliphatic carbocycles. The lowest BCUT2D eigenvalue weighted by Gasteiger charge is -2.27. The Hall–Kier alpha value is -0.840. The predicted molar refractivity (Wildman–Crippen MR) is 79.1 cm³/mol. The number of thiocarbonyl (C=S) groups is 1. The van der Waals surface area contributed by atoms with Gasteiger partial charge in [-0.3, -0.25) is 0 Å². The summed E-state index contributed by atoms with van der Waals surface area (Å²) in [5, 5.41) is 17.0. The topological polar surface area (TPSA) is 44.3 Å². The summed E-state index contributed by atoms with van der Waals surface area (Å²) in [6, 6.07) is 7.85. The number of aliphatic hydroxyl groups is 1. The summed E-state index contributed by atoms with van der Waals surface area (Å²) < 4.78 is 0. The lowest BCUT2D eigenvalue weighted by atomic mass is 9.93. The highest BCUT2D eigenvalue weighted by molar-refractivity contribution is 7.80. The molecule has 5 heteroatoms. The molecule has 18 heavy (non-hydrogen) atoms. The van der Waals surface area contributed by atoms with Crippen LogP contribution in [0.3, 0.4) is 0 Å². The van der Waals surface area contributed by atoms with Gasteiger partial charge in [-0.15, -0.1) is 0 Å². The molecule has 0 atom stereocenters. The van der Waals surface area contributed by atoms with E-state index in [-0.39, 0.29) is 6.10 Å². The number of hydrogen-bond acceptors (Lipinski definition) is 2. The maximum atomic E-state index is 9.44. The summed E-state index contributed by atoms with van der Waals surface area (Å²) in [4.78, 5) is 0. The quantitative estimate of drug-likeness (QED) is 0.731. The lowest BCUT2D eigenvalue weighted by molar-refractivity contribution is 0.120. The van der Waals surface area contributed by atoms with Crippen LogP contribution in [0.25, 0.3) is 0 Å². The van der Waals surface area contributed by atoms with E-state index in [2.05, 4.69) is 10.6 Å². The predicted octanol–water partition coefficient (Wildman–Crippen LogP) is 2.93. The maximum Gasteiger partial charge on any atom is 0.171 e. The SMILES string of the molecule is OC1CCC(NC(=S)Nc2ccccc2Cl)CC1. The molecule has 2 rings (SSSR count). The van der Waals surface area contributed by atoms with E-state index in [0.717, 1.165) is 31.4 Å². The van der Waals surface area contributed by atoms with Crippen molar-refractivity contribution >= 4 is 34.6 Å². The van der Waals surface area contributed by atoms with Crippen LogP contribution in [0.1, 0.15) is 25.7 Å². The van der Waals surface area contributed by atoms with Crippen molar-refractivity contribution in [2.45, 2.75) is 37.8 Å². The van der Waals surface area contributed by atoms with Crippen molar-refractivity contribution in [1.82, 2.24) is 5.32 Å². The summed E-state index contributed by atoms with van der Waals surface area (Å²) >= 11 is 11.3. The van der Waals surface area contributed by atoms with Gasteiger partial charge in [-0.1, -0.05) is 23.7 Å². The van der Waals surface area contributed by atoms with Crippen molar-refractivity contribution in [3.8, 4) is 0 Å². The van der Waals surface area contributed by atoms with Gasteiger partial charge in [0, 0.05) is 6.04 Å². The second kappa shape index (κ2) is 6.36. The number of halogens is 1. The fourth-order valence-corrected chi connectivity index (χ4v) is 2.59. The van der Waals surface area contributed by atoms with Gasteiger partial charge in [0.1, 0.15) is 0 Å². The number of rotatable bonds is 2. The zero-order valence-electron chi connectivity index (χ0n) is 10.0. The Kier molecular flexibility index (Phi) is 4.80. The minimum absolute atomic E-state index is 0.145. The van der Waals surface area contributed by atoms with Gasteiger partial charge in [0.15, 0.2) is 5.11 Å². The molecule has 0 amide bonds. The van der Waals surface area contributed by atoms with Gasteiger partial charge in [-0.2, -0.15) is 0 Å². The molecule has 0 heterocycles. The van der Waals surface area contributed by atoms with Gasteiger partial charge in [0.05, 0.1) is 16.8 Å². The van der Waals surface area contributed by atoms with Crippen LogP contribution in [-0.2, 0) is 0 Å². The molecule has 3 nitrogen and oxygen atoms in total. The van der Waals surface area contributed by atoms with Crippen LogP contribution < -0.4 is 10.6 Å². The molecule has 98 valence electrons. The summed E-state index contributed by atoms with van der Waals surface area (Å²) in [5.41, 5.74) is 0.813. The summed E-state index contributed by atoms with van der Waals surface area (Å²) in [6.45, 7) is 0. The molecule has 0 aliphatic heterocycles. The van der Waals surface area contributed by atoms with E-state index in [1.54, 1.807) is 0 Å². The van der Waals surface area contributed by atoms with Crippen molar-refractivity contribution in [3.63, 3.8) is 0 Å². The third-order valence-corrected chi connectivity index (χ3v) is 3.70. The number of para-hydroxylation sites is 1. The fraction of sp³-hybridized carbons (Fsp3) is 0.462. The first-order chi connectivity index (χ1) is 8.65. The van der Waals surface area contributed by atoms with Crippen molar-refractivity contribution in [2.24, 2.45) is 0 Å². The van der Waals surface area contributed by atoms with Crippen LogP contribution in [0, 0.1) is 0 Å². The molecular weight excluding hydrogens is 268 g/mol. The molecule has 1 aromatic carbocycles. The minimum Gasteiger partial charge on any atom is -0.393 e. The Morgan fingerprint density at radius 1 is 1.22 bits per heavy atom. The molecule has 0 saturated heterocycles. The molecule has 1 fully saturated rings. The Bertz CT molecular complexity index is 419. The Morgan fingerprint density at radius 3 is 2.56 bits per heavy atom. The molecule has 1 aliphatic rings. The number of hydrogen-bond donors (Lipinski definition) is 3. The van der Waals surface area contributed by atoms with Crippen LogP contribution >= 0.6 is 23.8 Å². The normalized spacial score (nSPS) is 23.4. The summed E-state index contributed by atoms with van der Waals surface area (Å²) in [7, 11) is 0. The van der Waals surface area contributed by atoms with E-state index in [4.69, 9.17) is 23.8 Å². The number of anilines is 1. The molecular formula is C13H17ClN2OS. The standard InChI is InChI=1S/C13H17ClN2OS/c14-11-3-1-2-4-12(11)16-13(18)15-9-5-7-10(17)8-6-9/h1-4,9-10,17H,5-8H2,(H2,15,16,18). The van der Waals surface area contributed by atoms with Crippen LogP contribution in [0.15, 0.2) is 24.3 Å². The number of nitrogens with one attached hydrogen (secondary N) is 2. The van der Waals surface area contributed by atoms with Crippen LogP contribution in [0.4, 0.5) is 5.69 Å². The Morgan fingerprint density at radius 2 is 1.89 bits per heavy atom. The van der Waals surface area contributed by atoms with E-state index >= 15 is 0 Å². The van der Waals surface area contributed by atoms with Gasteiger partial charge >= 0.3 is 0 Å². The van der Waals surface area contributed by atoms with Gasteiger partial charge in [0.2, 0.25) is 0 Å². The molecule has 0 radical (unpaired) electrons. The van der Waals surface area contributed by atoms with Crippen LogP contribution in [0.2, 0.25) is 5.02 Å². The first kappa shape index (κ1) is 13.6. The smallest absolute Gasteiger partial charge is 0.171 e. The van der Waals surface area contributed by atoms with E-state index in [0.29, 0.717) is 16.2 Å². The second-order valence-electron chi connectivity index (χ2n) is 4.58. The third-order valence-electron chi connectivity index (χ3n) is 3.15. The lowest BCUT2D eigenvalue weighted by Crippen LogP contribution is -2.40. The molecule has 0 aromatic heterocycles. The highest BCUT2D eigenvalue weighted by Crippen LogP contribution is 2.21. The minimum atomic E-state index is -0.145. The average molecular weight is 285 g/mol. The number of benzene rings is 1. The van der Waals surface area contributed by atoms with Gasteiger partial charge in [0.25, 0.3) is 0 Å². The molecule has 1 aromatic rings. The van der Waals surface area contributed by atoms with Crippen molar-refractivity contribution in [1.29, 1.82) is 0 Å². The highest BCUT2D eigenvalue weighted by Gasteiger charge is 2.19. The van der Waals surface area contributed by atoms with Crippen molar-refractivity contribution in [3.05, 3.63) is 29.3 Å². The molecule has 0 bridgehead atoms. The largest absolute Gasteiger partial charge is 0.393 e. The molecule has 0 spiro atoms. The van der Waals surface area contributed by atoms with E-state index in [1.807, 2.05) is 24.3 Å². The van der Waals surface area contributed by atoms with Crippen LogP contribution in [-0.4, -0.2) is 22.4 Å². The first-order valence-electron chi connectivity index (χ1n) is 6.15. The summed E-state index contributed by atoms with van der Waals surface area (Å²) in [6.07, 6.45) is 3.43. The zero-order valence-corrected chi connectivity index (χ0v) is 11.6. The monoisotopic (exact) mass is 284 g/mol. The second-order valence-corrected chi connectivity index (χ2v) is 5.40. The van der Waals surface area contributed by atoms with Crippen LogP contribution in [0.5, 0.6) is 0 Å². The third kappa shape index (κ3) is 3.83. The average Bonchev–Trinajstić information content (AvgIpc) is 2.35. The molecule has 1 saturated carbocycles. The van der Waals surface area contributed by atoms with Gasteiger partial charge < -0.3 is 15.7 Å². The van der Waals surface area contributed by atoms with Gasteiger partial charge in [-0.05, 0) is 50.0 Å². The van der Waals surface area contributed by atoms with Crippen molar-refractivity contribution < 1.29 is 5.11 Å². The van der Waals surface area contributed by atoms with E-state index in [1.165, 1.54) is 0 Å². The number of aliphatic hydroxyl groups excluding tert-OH is 1. The van der Waals surface area contributed by atoms with E-state index in [9.17, 15) is 5.11 Å². The molecule has 0 unspecified atom stereocenters. The van der Waals surface area contributed by atoms with E-state index < -0.39 is 0 Å². The maximum absolute atomic E-state index is 9.44. The van der Waals surface area contributed by atoms with Gasteiger partial charge in [-0.25, -0.2) is 0 Å². The summed E-state index contributed by atoms with van der Waals surface area (Å²) in [5.74, 6) is 0. The Labute approximate surface area is 118 Å². The fourth-order valence-electron chi connectivity index (χ4n) is 2.13.